The average Bonchev–Trinajstić information content (AvgIpc) is 3.46. The molecule has 0 bridgehead atoms. The van der Waals surface area contributed by atoms with Crippen LogP contribution in [0, 0.1) is 11.8 Å². The Hall–Kier alpha value is -3.30. The van der Waals surface area contributed by atoms with Crippen molar-refractivity contribution in [1.82, 2.24) is 15.1 Å². The minimum Gasteiger partial charge on any atom is -0.481 e. The molecule has 3 amide bonds. The Morgan fingerprint density at radius 2 is 1.71 bits per heavy atom. The Labute approximate surface area is 223 Å². The Bertz CT molecular complexity index is 1020. The second-order valence-corrected chi connectivity index (χ2v) is 11.5. The Kier molecular flexibility index (Phi) is 8.47. The highest BCUT2D eigenvalue weighted by atomic mass is 16.6. The number of carbonyl (C=O) groups is 4. The first-order valence-corrected chi connectivity index (χ1v) is 13.6. The first kappa shape index (κ1) is 27.7. The van der Waals surface area contributed by atoms with Gasteiger partial charge in [0.25, 0.3) is 0 Å². The molecule has 10 nitrogen and oxygen atoms in total. The normalized spacial score (nSPS) is 24.4. The predicted molar refractivity (Wildman–Crippen MR) is 138 cm³/mol. The summed E-state index contributed by atoms with van der Waals surface area (Å²) < 4.78 is 10.9. The molecule has 2 saturated heterocycles. The molecule has 1 aliphatic carbocycles. The van der Waals surface area contributed by atoms with Gasteiger partial charge in [0, 0.05) is 13.1 Å². The van der Waals surface area contributed by atoms with Gasteiger partial charge in [-0.05, 0) is 51.5 Å². The lowest BCUT2D eigenvalue weighted by Gasteiger charge is -2.35. The van der Waals surface area contributed by atoms with Crippen molar-refractivity contribution in [3.63, 3.8) is 0 Å². The molecule has 3 aliphatic rings. The van der Waals surface area contributed by atoms with Gasteiger partial charge in [0.05, 0.1) is 18.0 Å². The molecule has 0 aromatic heterocycles. The monoisotopic (exact) mass is 529 g/mol. The number of carboxylic acid groups (broad SMARTS) is 1. The molecule has 3 fully saturated rings. The zero-order chi connectivity index (χ0) is 27.4. The maximum absolute atomic E-state index is 14.0. The SMILES string of the molecule is CC(C)(C)OC(=O)N[C@H](C(=O)N1CC[C@@H]2[C@H]1C(C(=O)O)CN2C(=O)OCc1ccccc1)C1CCCCC1. The summed E-state index contributed by atoms with van der Waals surface area (Å²) in [4.78, 5) is 55.0. The van der Waals surface area contributed by atoms with Crippen LogP contribution < -0.4 is 5.32 Å². The fraction of sp³-hybridized carbons (Fsp3) is 0.643. The largest absolute Gasteiger partial charge is 0.481 e. The van der Waals surface area contributed by atoms with Crippen molar-refractivity contribution >= 4 is 24.1 Å². The van der Waals surface area contributed by atoms with Gasteiger partial charge in [-0.25, -0.2) is 9.59 Å². The predicted octanol–water partition coefficient (Wildman–Crippen LogP) is 3.78. The van der Waals surface area contributed by atoms with Crippen molar-refractivity contribution in [3.8, 4) is 0 Å². The molecule has 4 rings (SSSR count). The Balaban J connectivity index is 1.51. The average molecular weight is 530 g/mol. The van der Waals surface area contributed by atoms with Crippen LogP contribution in [0.25, 0.3) is 0 Å². The number of aliphatic carboxylic acids is 1. The lowest BCUT2D eigenvalue weighted by Crippen LogP contribution is -2.56. The minimum absolute atomic E-state index is 0.0321. The number of likely N-dealkylation sites (tertiary alicyclic amines) is 2. The topological polar surface area (TPSA) is 125 Å². The fourth-order valence-corrected chi connectivity index (χ4v) is 6.04. The van der Waals surface area contributed by atoms with E-state index in [1.165, 1.54) is 4.90 Å². The molecule has 2 N–H and O–H groups in total. The van der Waals surface area contributed by atoms with Crippen LogP contribution in [0.5, 0.6) is 0 Å². The number of benzene rings is 1. The van der Waals surface area contributed by atoms with Crippen molar-refractivity contribution in [1.29, 1.82) is 0 Å². The first-order valence-electron chi connectivity index (χ1n) is 13.6. The highest BCUT2D eigenvalue weighted by Crippen LogP contribution is 2.38. The number of carbonyl (C=O) groups excluding carboxylic acids is 3. The van der Waals surface area contributed by atoms with E-state index in [-0.39, 0.29) is 25.0 Å². The second-order valence-electron chi connectivity index (χ2n) is 11.5. The zero-order valence-corrected chi connectivity index (χ0v) is 22.4. The van der Waals surface area contributed by atoms with E-state index in [9.17, 15) is 24.3 Å². The molecule has 2 heterocycles. The summed E-state index contributed by atoms with van der Waals surface area (Å²) in [5, 5.41) is 12.8. The van der Waals surface area contributed by atoms with Gasteiger partial charge in [-0.15, -0.1) is 0 Å². The lowest BCUT2D eigenvalue weighted by atomic mass is 9.83. The summed E-state index contributed by atoms with van der Waals surface area (Å²) in [6.07, 6.45) is 3.82. The molecule has 1 aromatic rings. The standard InChI is InChI=1S/C28H39N3O7/c1-28(2,3)38-26(35)29-22(19-12-8-5-9-13-19)24(32)30-15-14-21-23(30)20(25(33)34)16-31(21)27(36)37-17-18-10-6-4-7-11-18/h4,6-7,10-11,19-23H,5,8-9,12-17H2,1-3H3,(H,29,35)(H,33,34)/t20?,21-,22+,23-/m1/s1. The number of amides is 3. The van der Waals surface area contributed by atoms with Crippen LogP contribution in [-0.4, -0.2) is 75.8 Å². The van der Waals surface area contributed by atoms with Gasteiger partial charge in [-0.2, -0.15) is 0 Å². The lowest BCUT2D eigenvalue weighted by molar-refractivity contribution is -0.145. The minimum atomic E-state index is -1.06. The molecule has 1 aromatic carbocycles. The van der Waals surface area contributed by atoms with Gasteiger partial charge in [0.1, 0.15) is 18.2 Å². The van der Waals surface area contributed by atoms with Gasteiger partial charge < -0.3 is 29.7 Å². The fourth-order valence-electron chi connectivity index (χ4n) is 6.04. The molecule has 2 aliphatic heterocycles. The van der Waals surface area contributed by atoms with Crippen LogP contribution in [0.1, 0.15) is 64.9 Å². The molecule has 4 atom stereocenters. The number of hydrogen-bond donors (Lipinski definition) is 2. The van der Waals surface area contributed by atoms with E-state index in [2.05, 4.69) is 5.32 Å². The number of nitrogens with one attached hydrogen (secondary N) is 1. The summed E-state index contributed by atoms with van der Waals surface area (Å²) in [6, 6.07) is 7.31. The van der Waals surface area contributed by atoms with E-state index >= 15 is 0 Å². The number of carboxylic acids is 1. The van der Waals surface area contributed by atoms with E-state index in [1.54, 1.807) is 25.7 Å². The van der Waals surface area contributed by atoms with Crippen LogP contribution in [0.15, 0.2) is 30.3 Å². The van der Waals surface area contributed by atoms with Crippen LogP contribution in [0.3, 0.4) is 0 Å². The van der Waals surface area contributed by atoms with Crippen LogP contribution in [0.2, 0.25) is 0 Å². The van der Waals surface area contributed by atoms with E-state index in [0.29, 0.717) is 13.0 Å². The van der Waals surface area contributed by atoms with Crippen molar-refractivity contribution in [3.05, 3.63) is 35.9 Å². The third-order valence-electron chi connectivity index (χ3n) is 7.73. The smallest absolute Gasteiger partial charge is 0.410 e. The summed E-state index contributed by atoms with van der Waals surface area (Å²) in [5.41, 5.74) is 0.113. The molecule has 38 heavy (non-hydrogen) atoms. The van der Waals surface area contributed by atoms with Crippen LogP contribution in [-0.2, 0) is 25.7 Å². The number of fused-ring (bicyclic) bond motifs is 1. The van der Waals surface area contributed by atoms with Gasteiger partial charge in [-0.1, -0.05) is 49.6 Å². The number of hydrogen-bond acceptors (Lipinski definition) is 6. The molecule has 10 heteroatoms. The molecule has 0 radical (unpaired) electrons. The Morgan fingerprint density at radius 1 is 1.03 bits per heavy atom. The van der Waals surface area contributed by atoms with Gasteiger partial charge in [0.2, 0.25) is 5.91 Å². The van der Waals surface area contributed by atoms with Crippen LogP contribution in [0.4, 0.5) is 9.59 Å². The van der Waals surface area contributed by atoms with Crippen molar-refractivity contribution < 1.29 is 33.8 Å². The molecule has 1 saturated carbocycles. The third-order valence-corrected chi connectivity index (χ3v) is 7.73. The quantitative estimate of drug-likeness (QED) is 0.574. The number of alkyl carbamates (subject to hydrolysis) is 1. The molecule has 1 unspecified atom stereocenters. The van der Waals surface area contributed by atoms with E-state index in [0.717, 1.165) is 37.7 Å². The molecular weight excluding hydrogens is 490 g/mol. The maximum atomic E-state index is 14.0. The van der Waals surface area contributed by atoms with Crippen molar-refractivity contribution in [2.75, 3.05) is 13.1 Å². The van der Waals surface area contributed by atoms with Gasteiger partial charge >= 0.3 is 18.2 Å². The van der Waals surface area contributed by atoms with Crippen LogP contribution >= 0.6 is 0 Å². The van der Waals surface area contributed by atoms with Crippen molar-refractivity contribution in [2.45, 2.75) is 89.6 Å². The number of nitrogens with zero attached hydrogens (tertiary/aromatic N) is 2. The number of ether oxygens (including phenoxy) is 2. The van der Waals surface area contributed by atoms with E-state index in [4.69, 9.17) is 9.47 Å². The third kappa shape index (κ3) is 6.39. The molecular formula is C28H39N3O7. The second kappa shape index (κ2) is 11.6. The highest BCUT2D eigenvalue weighted by molar-refractivity contribution is 5.88. The maximum Gasteiger partial charge on any atom is 0.410 e. The Morgan fingerprint density at radius 3 is 2.34 bits per heavy atom. The van der Waals surface area contributed by atoms with Gasteiger partial charge in [-0.3, -0.25) is 9.59 Å². The highest BCUT2D eigenvalue weighted by Gasteiger charge is 2.56. The van der Waals surface area contributed by atoms with E-state index in [1.807, 2.05) is 30.3 Å². The van der Waals surface area contributed by atoms with Crippen molar-refractivity contribution in [2.24, 2.45) is 11.8 Å². The zero-order valence-electron chi connectivity index (χ0n) is 22.4. The molecule has 0 spiro atoms. The summed E-state index contributed by atoms with van der Waals surface area (Å²) >= 11 is 0. The van der Waals surface area contributed by atoms with Gasteiger partial charge in [0.15, 0.2) is 0 Å². The summed E-state index contributed by atoms with van der Waals surface area (Å²) in [6.45, 7) is 5.64. The van der Waals surface area contributed by atoms with E-state index < -0.39 is 47.8 Å². The first-order chi connectivity index (χ1) is 18.0. The molecule has 208 valence electrons. The number of rotatable bonds is 6. The summed E-state index contributed by atoms with van der Waals surface area (Å²) in [7, 11) is 0. The summed E-state index contributed by atoms with van der Waals surface area (Å²) in [5.74, 6) is -2.36.